The number of hydrogen-bond donors (Lipinski definition) is 0. The Morgan fingerprint density at radius 1 is 1.06 bits per heavy atom. The average Bonchev–Trinajstić information content (AvgIpc) is 2.92. The highest BCUT2D eigenvalue weighted by molar-refractivity contribution is 7.98. The van der Waals surface area contributed by atoms with Crippen molar-refractivity contribution in [2.45, 2.75) is 17.8 Å². The molecule has 5 rings (SSSR count). The zero-order valence-corrected chi connectivity index (χ0v) is 21.1. The molecule has 0 spiro atoms. The van der Waals surface area contributed by atoms with Crippen LogP contribution in [0.3, 0.4) is 0 Å². The summed E-state index contributed by atoms with van der Waals surface area (Å²) in [4.78, 5) is 33.5. The number of morpholine rings is 1. The molecule has 3 aromatic carbocycles. The number of ether oxygens (including phenoxy) is 2. The summed E-state index contributed by atoms with van der Waals surface area (Å²) in [6.07, 6.45) is 0. The summed E-state index contributed by atoms with van der Waals surface area (Å²) in [5.74, 6) is 1.23. The van der Waals surface area contributed by atoms with E-state index in [4.69, 9.17) is 14.5 Å². The molecule has 1 aromatic heterocycles. The van der Waals surface area contributed by atoms with Gasteiger partial charge in [0.25, 0.3) is 11.5 Å². The molecule has 1 amide bonds. The Balaban J connectivity index is 1.59. The summed E-state index contributed by atoms with van der Waals surface area (Å²) >= 11 is 1.49. The highest BCUT2D eigenvalue weighted by Crippen LogP contribution is 2.27. The zero-order valence-electron chi connectivity index (χ0n) is 20.3. The second-order valence-corrected chi connectivity index (χ2v) is 9.59. The van der Waals surface area contributed by atoms with Crippen molar-refractivity contribution < 1.29 is 14.3 Å². The van der Waals surface area contributed by atoms with Gasteiger partial charge < -0.3 is 14.4 Å². The first-order valence-electron chi connectivity index (χ1n) is 11.8. The fourth-order valence-electron chi connectivity index (χ4n) is 4.27. The minimum atomic E-state index is -0.189. The SMILES string of the molecule is COc1cccc(-n2c(SCc3cccc(C)c3)nc3cc(C(=O)N4CCOCC4)ccc3c2=O)c1. The van der Waals surface area contributed by atoms with Gasteiger partial charge in [0, 0.05) is 30.5 Å². The fourth-order valence-corrected chi connectivity index (χ4v) is 5.23. The predicted octanol–water partition coefficient (Wildman–Crippen LogP) is 4.47. The van der Waals surface area contributed by atoms with E-state index in [-0.39, 0.29) is 11.5 Å². The van der Waals surface area contributed by atoms with Crippen LogP contribution in [-0.4, -0.2) is 53.8 Å². The average molecular weight is 502 g/mol. The Bertz CT molecular complexity index is 1480. The van der Waals surface area contributed by atoms with Gasteiger partial charge in [0.05, 0.1) is 36.9 Å². The Morgan fingerprint density at radius 2 is 1.86 bits per heavy atom. The number of methoxy groups -OCH3 is 1. The van der Waals surface area contributed by atoms with Gasteiger partial charge in [-0.15, -0.1) is 0 Å². The van der Waals surface area contributed by atoms with Crippen molar-refractivity contribution in [1.82, 2.24) is 14.5 Å². The van der Waals surface area contributed by atoms with E-state index in [1.165, 1.54) is 17.3 Å². The molecule has 36 heavy (non-hydrogen) atoms. The highest BCUT2D eigenvalue weighted by atomic mass is 32.2. The summed E-state index contributed by atoms with van der Waals surface area (Å²) in [5.41, 5.74) is 3.83. The first kappa shape index (κ1) is 24.1. The maximum absolute atomic E-state index is 13.8. The predicted molar refractivity (Wildman–Crippen MR) is 141 cm³/mol. The number of amides is 1. The highest BCUT2D eigenvalue weighted by Gasteiger charge is 2.20. The van der Waals surface area contributed by atoms with Crippen LogP contribution >= 0.6 is 11.8 Å². The van der Waals surface area contributed by atoms with Crippen molar-refractivity contribution in [2.75, 3.05) is 33.4 Å². The molecule has 184 valence electrons. The second-order valence-electron chi connectivity index (χ2n) is 8.65. The van der Waals surface area contributed by atoms with Gasteiger partial charge >= 0.3 is 0 Å². The fraction of sp³-hybridized carbons (Fsp3) is 0.250. The Labute approximate surface area is 213 Å². The second kappa shape index (κ2) is 10.6. The molecule has 1 aliphatic heterocycles. The minimum absolute atomic E-state index is 0.0760. The molecular weight excluding hydrogens is 474 g/mol. The summed E-state index contributed by atoms with van der Waals surface area (Å²) in [6, 6.07) is 20.8. The number of aromatic nitrogens is 2. The van der Waals surface area contributed by atoms with Crippen molar-refractivity contribution in [3.05, 3.63) is 93.8 Å². The number of carbonyl (C=O) groups is 1. The first-order valence-corrected chi connectivity index (χ1v) is 12.8. The molecule has 4 aromatic rings. The summed E-state index contributed by atoms with van der Waals surface area (Å²) in [5, 5.41) is 1.01. The van der Waals surface area contributed by atoms with Crippen molar-refractivity contribution >= 4 is 28.6 Å². The van der Waals surface area contributed by atoms with Crippen LogP contribution in [0.25, 0.3) is 16.6 Å². The van der Waals surface area contributed by atoms with E-state index in [1.807, 2.05) is 30.3 Å². The van der Waals surface area contributed by atoms with E-state index in [2.05, 4.69) is 25.1 Å². The third-order valence-corrected chi connectivity index (χ3v) is 7.16. The third-order valence-electron chi connectivity index (χ3n) is 6.15. The van der Waals surface area contributed by atoms with E-state index in [0.717, 1.165) is 5.56 Å². The molecule has 0 unspecified atom stereocenters. The maximum Gasteiger partial charge on any atom is 0.266 e. The van der Waals surface area contributed by atoms with Gasteiger partial charge in [-0.3, -0.25) is 14.2 Å². The number of nitrogens with zero attached hydrogens (tertiary/aromatic N) is 3. The lowest BCUT2D eigenvalue weighted by Gasteiger charge is -2.26. The van der Waals surface area contributed by atoms with Crippen molar-refractivity contribution in [2.24, 2.45) is 0 Å². The van der Waals surface area contributed by atoms with Gasteiger partial charge in [-0.1, -0.05) is 47.7 Å². The van der Waals surface area contributed by atoms with Crippen LogP contribution in [0.1, 0.15) is 21.5 Å². The van der Waals surface area contributed by atoms with Crippen molar-refractivity contribution in [3.8, 4) is 11.4 Å². The van der Waals surface area contributed by atoms with Crippen LogP contribution in [0.2, 0.25) is 0 Å². The van der Waals surface area contributed by atoms with Crippen molar-refractivity contribution in [3.63, 3.8) is 0 Å². The molecule has 1 saturated heterocycles. The number of carbonyl (C=O) groups excluding carboxylic acids is 1. The van der Waals surface area contributed by atoms with Gasteiger partial charge in [-0.2, -0.15) is 0 Å². The van der Waals surface area contributed by atoms with E-state index in [9.17, 15) is 9.59 Å². The number of thioether (sulfide) groups is 1. The Hall–Kier alpha value is -3.62. The molecule has 0 aliphatic carbocycles. The number of aryl methyl sites for hydroxylation is 1. The van der Waals surface area contributed by atoms with Gasteiger partial charge in [0.15, 0.2) is 5.16 Å². The normalized spacial score (nSPS) is 13.7. The third kappa shape index (κ3) is 5.01. The minimum Gasteiger partial charge on any atom is -0.497 e. The standard InChI is InChI=1S/C28H27N3O4S/c1-19-5-3-6-20(15-19)18-36-28-29-25-16-21(26(32)30-11-13-35-14-12-30)9-10-24(25)27(33)31(28)22-7-4-8-23(17-22)34-2/h3-10,15-17H,11-14,18H2,1-2H3. The van der Waals surface area contributed by atoms with Crippen LogP contribution in [0.15, 0.2) is 76.7 Å². The van der Waals surface area contributed by atoms with Crippen LogP contribution in [0, 0.1) is 6.92 Å². The van der Waals surface area contributed by atoms with Gasteiger partial charge in [-0.25, -0.2) is 4.98 Å². The largest absolute Gasteiger partial charge is 0.497 e. The molecule has 1 aliphatic rings. The monoisotopic (exact) mass is 501 g/mol. The quantitative estimate of drug-likeness (QED) is 0.287. The van der Waals surface area contributed by atoms with Crippen LogP contribution in [0.4, 0.5) is 0 Å². The van der Waals surface area contributed by atoms with Crippen molar-refractivity contribution in [1.29, 1.82) is 0 Å². The number of hydrogen-bond acceptors (Lipinski definition) is 6. The summed E-state index contributed by atoms with van der Waals surface area (Å²) in [6.45, 7) is 4.23. The van der Waals surface area contributed by atoms with Gasteiger partial charge in [0.2, 0.25) is 0 Å². The summed E-state index contributed by atoms with van der Waals surface area (Å²) in [7, 11) is 1.60. The number of rotatable bonds is 6. The van der Waals surface area contributed by atoms with Crippen LogP contribution < -0.4 is 10.3 Å². The molecule has 0 radical (unpaired) electrons. The smallest absolute Gasteiger partial charge is 0.266 e. The van der Waals surface area contributed by atoms with Gasteiger partial charge in [0.1, 0.15) is 5.75 Å². The Morgan fingerprint density at radius 3 is 2.64 bits per heavy atom. The number of fused-ring (bicyclic) bond motifs is 1. The molecule has 0 N–H and O–H groups in total. The molecule has 0 atom stereocenters. The molecule has 8 heteroatoms. The van der Waals surface area contributed by atoms with E-state index < -0.39 is 0 Å². The van der Waals surface area contributed by atoms with Crippen LogP contribution in [0.5, 0.6) is 5.75 Å². The summed E-state index contributed by atoms with van der Waals surface area (Å²) < 4.78 is 12.4. The lowest BCUT2D eigenvalue weighted by atomic mass is 10.1. The topological polar surface area (TPSA) is 73.7 Å². The molecular formula is C28H27N3O4S. The molecule has 1 fully saturated rings. The van der Waals surface area contributed by atoms with E-state index in [1.54, 1.807) is 34.8 Å². The van der Waals surface area contributed by atoms with E-state index >= 15 is 0 Å². The first-order chi connectivity index (χ1) is 17.5. The van der Waals surface area contributed by atoms with E-state index in [0.29, 0.717) is 65.1 Å². The molecule has 2 heterocycles. The Kier molecular flexibility index (Phi) is 7.06. The lowest BCUT2D eigenvalue weighted by Crippen LogP contribution is -2.40. The number of benzene rings is 3. The maximum atomic E-state index is 13.8. The van der Waals surface area contributed by atoms with Gasteiger partial charge in [-0.05, 0) is 42.8 Å². The van der Waals surface area contributed by atoms with Crippen LogP contribution in [-0.2, 0) is 10.5 Å². The lowest BCUT2D eigenvalue weighted by molar-refractivity contribution is 0.0303. The molecule has 0 saturated carbocycles. The zero-order chi connectivity index (χ0) is 25.1. The molecule has 0 bridgehead atoms. The molecule has 7 nitrogen and oxygen atoms in total.